The first kappa shape index (κ1) is 12.2. The van der Waals surface area contributed by atoms with Gasteiger partial charge in [-0.1, -0.05) is 0 Å². The summed E-state index contributed by atoms with van der Waals surface area (Å²) in [7, 11) is 0. The third-order valence-corrected chi connectivity index (χ3v) is 2.79. The van der Waals surface area contributed by atoms with Crippen molar-refractivity contribution in [2.24, 2.45) is 0 Å². The Morgan fingerprint density at radius 3 is 2.70 bits per heavy atom. The zero-order valence-electron chi connectivity index (χ0n) is 10.9. The van der Waals surface area contributed by atoms with E-state index in [0.717, 1.165) is 22.9 Å². The lowest BCUT2D eigenvalue weighted by Crippen LogP contribution is -2.03. The molecule has 0 aliphatic carbocycles. The fraction of sp³-hybridized carbons (Fsp3) is 0.154. The molecule has 0 aliphatic heterocycles. The summed E-state index contributed by atoms with van der Waals surface area (Å²) in [5.74, 6) is 0.776. The first-order chi connectivity index (χ1) is 9.81. The molecule has 0 saturated heterocycles. The molecule has 7 nitrogen and oxygen atoms in total. The maximum atomic E-state index is 4.34. The monoisotopic (exact) mass is 267 g/mol. The number of tetrazole rings is 1. The molecule has 0 saturated carbocycles. The molecule has 0 unspecified atom stereocenters. The number of nitrogens with one attached hydrogen (secondary N) is 1. The van der Waals surface area contributed by atoms with Crippen LogP contribution in [0.5, 0.6) is 0 Å². The average molecular weight is 267 g/mol. The van der Waals surface area contributed by atoms with Gasteiger partial charge in [-0.2, -0.15) is 0 Å². The van der Waals surface area contributed by atoms with Crippen molar-refractivity contribution in [2.75, 3.05) is 5.32 Å². The van der Waals surface area contributed by atoms with Gasteiger partial charge in [0.2, 0.25) is 0 Å². The molecule has 0 aliphatic rings. The van der Waals surface area contributed by atoms with Crippen molar-refractivity contribution in [3.05, 3.63) is 54.4 Å². The molecule has 0 atom stereocenters. The Balaban J connectivity index is 1.67. The first-order valence-corrected chi connectivity index (χ1v) is 6.17. The molecule has 0 radical (unpaired) electrons. The summed E-state index contributed by atoms with van der Waals surface area (Å²) in [4.78, 5) is 8.42. The van der Waals surface area contributed by atoms with Crippen LogP contribution in [-0.4, -0.2) is 30.2 Å². The van der Waals surface area contributed by atoms with Gasteiger partial charge in [0.1, 0.15) is 12.2 Å². The second-order valence-corrected chi connectivity index (χ2v) is 4.25. The predicted molar refractivity (Wildman–Crippen MR) is 73.2 cm³/mol. The Kier molecular flexibility index (Phi) is 3.32. The maximum absolute atomic E-state index is 4.34. The van der Waals surface area contributed by atoms with Gasteiger partial charge in [0.05, 0.1) is 17.9 Å². The number of nitrogens with zero attached hydrogens (tertiary/aromatic N) is 6. The van der Waals surface area contributed by atoms with Crippen molar-refractivity contribution in [2.45, 2.75) is 13.5 Å². The van der Waals surface area contributed by atoms with E-state index in [1.165, 1.54) is 0 Å². The summed E-state index contributed by atoms with van der Waals surface area (Å²) in [6.07, 6.45) is 3.33. The van der Waals surface area contributed by atoms with Crippen LogP contribution in [0.3, 0.4) is 0 Å². The van der Waals surface area contributed by atoms with Crippen LogP contribution in [0.15, 0.2) is 42.9 Å². The van der Waals surface area contributed by atoms with Gasteiger partial charge in [-0.05, 0) is 47.7 Å². The minimum absolute atomic E-state index is 0.660. The molecule has 2 aromatic heterocycles. The lowest BCUT2D eigenvalue weighted by atomic mass is 10.2. The third-order valence-electron chi connectivity index (χ3n) is 2.79. The summed E-state index contributed by atoms with van der Waals surface area (Å²) in [6, 6.07) is 9.75. The number of hydrogen-bond acceptors (Lipinski definition) is 6. The molecule has 3 aromatic rings. The van der Waals surface area contributed by atoms with Crippen molar-refractivity contribution >= 4 is 5.69 Å². The van der Waals surface area contributed by atoms with Gasteiger partial charge in [0, 0.05) is 11.9 Å². The Bertz CT molecular complexity index is 676. The SMILES string of the molecule is Cc1nccc(CNc2ccc(-n3cnnn3)cc2)n1. The van der Waals surface area contributed by atoms with Crippen LogP contribution in [0.2, 0.25) is 0 Å². The maximum Gasteiger partial charge on any atom is 0.143 e. The van der Waals surface area contributed by atoms with Crippen molar-refractivity contribution in [1.29, 1.82) is 0 Å². The summed E-state index contributed by atoms with van der Waals surface area (Å²) in [5.41, 5.74) is 2.89. The van der Waals surface area contributed by atoms with Gasteiger partial charge >= 0.3 is 0 Å². The van der Waals surface area contributed by atoms with E-state index < -0.39 is 0 Å². The van der Waals surface area contributed by atoms with E-state index in [1.54, 1.807) is 17.2 Å². The average Bonchev–Trinajstić information content (AvgIpc) is 3.00. The molecule has 0 bridgehead atoms. The smallest absolute Gasteiger partial charge is 0.143 e. The number of aromatic nitrogens is 6. The molecule has 7 heteroatoms. The molecule has 0 spiro atoms. The number of rotatable bonds is 4. The van der Waals surface area contributed by atoms with Crippen molar-refractivity contribution in [3.8, 4) is 5.69 Å². The highest BCUT2D eigenvalue weighted by Gasteiger charge is 1.99. The molecule has 2 heterocycles. The Morgan fingerprint density at radius 2 is 2.00 bits per heavy atom. The van der Waals surface area contributed by atoms with Crippen LogP contribution in [0.4, 0.5) is 5.69 Å². The van der Waals surface area contributed by atoms with Crippen LogP contribution in [0.25, 0.3) is 5.69 Å². The molecule has 1 aromatic carbocycles. The standard InChI is InChI=1S/C13H13N7/c1-10-14-7-6-12(17-10)8-15-11-2-4-13(5-3-11)20-9-16-18-19-20/h2-7,9,15H,8H2,1H3. The van der Waals surface area contributed by atoms with Crippen molar-refractivity contribution < 1.29 is 0 Å². The lowest BCUT2D eigenvalue weighted by Gasteiger charge is -2.07. The van der Waals surface area contributed by atoms with Gasteiger partial charge in [0.15, 0.2) is 0 Å². The largest absolute Gasteiger partial charge is 0.379 e. The predicted octanol–water partition coefficient (Wildman–Crippen LogP) is 1.37. The van der Waals surface area contributed by atoms with Crippen LogP contribution < -0.4 is 5.32 Å². The topological polar surface area (TPSA) is 81.4 Å². The molecule has 0 fully saturated rings. The van der Waals surface area contributed by atoms with Gasteiger partial charge in [-0.15, -0.1) is 5.10 Å². The third kappa shape index (κ3) is 2.77. The minimum Gasteiger partial charge on any atom is -0.379 e. The van der Waals surface area contributed by atoms with E-state index in [1.807, 2.05) is 37.3 Å². The number of benzene rings is 1. The molecule has 1 N–H and O–H groups in total. The highest BCUT2D eigenvalue weighted by atomic mass is 15.5. The van der Waals surface area contributed by atoms with E-state index in [-0.39, 0.29) is 0 Å². The van der Waals surface area contributed by atoms with E-state index in [0.29, 0.717) is 6.54 Å². The zero-order valence-corrected chi connectivity index (χ0v) is 10.9. The van der Waals surface area contributed by atoms with Crippen molar-refractivity contribution in [3.63, 3.8) is 0 Å². The van der Waals surface area contributed by atoms with Crippen LogP contribution >= 0.6 is 0 Å². The quantitative estimate of drug-likeness (QED) is 0.769. The van der Waals surface area contributed by atoms with E-state index in [9.17, 15) is 0 Å². The zero-order chi connectivity index (χ0) is 13.8. The van der Waals surface area contributed by atoms with E-state index in [2.05, 4.69) is 30.8 Å². The van der Waals surface area contributed by atoms with Gasteiger partial charge in [0.25, 0.3) is 0 Å². The van der Waals surface area contributed by atoms with E-state index in [4.69, 9.17) is 0 Å². The summed E-state index contributed by atoms with van der Waals surface area (Å²) >= 11 is 0. The Labute approximate surface area is 115 Å². The summed E-state index contributed by atoms with van der Waals surface area (Å²) in [5, 5.41) is 14.4. The Hall–Kier alpha value is -2.83. The van der Waals surface area contributed by atoms with Gasteiger partial charge in [-0.3, -0.25) is 0 Å². The molecule has 3 rings (SSSR count). The van der Waals surface area contributed by atoms with Crippen molar-refractivity contribution in [1.82, 2.24) is 30.2 Å². The van der Waals surface area contributed by atoms with Crippen LogP contribution in [0, 0.1) is 6.92 Å². The van der Waals surface area contributed by atoms with Gasteiger partial charge in [-0.25, -0.2) is 14.6 Å². The second kappa shape index (κ2) is 5.43. The number of hydrogen-bond donors (Lipinski definition) is 1. The molecular formula is C13H13N7. The second-order valence-electron chi connectivity index (χ2n) is 4.25. The highest BCUT2D eigenvalue weighted by Crippen LogP contribution is 2.12. The number of aryl methyl sites for hydroxylation is 1. The van der Waals surface area contributed by atoms with Crippen LogP contribution in [0.1, 0.15) is 11.5 Å². The fourth-order valence-electron chi connectivity index (χ4n) is 1.81. The van der Waals surface area contributed by atoms with Gasteiger partial charge < -0.3 is 5.32 Å². The molecule has 0 amide bonds. The Morgan fingerprint density at radius 1 is 1.15 bits per heavy atom. The van der Waals surface area contributed by atoms with E-state index >= 15 is 0 Å². The fourth-order valence-corrected chi connectivity index (χ4v) is 1.81. The molecular weight excluding hydrogens is 254 g/mol. The molecule has 20 heavy (non-hydrogen) atoms. The summed E-state index contributed by atoms with van der Waals surface area (Å²) < 4.78 is 1.61. The molecule has 100 valence electrons. The normalized spacial score (nSPS) is 10.4. The number of anilines is 1. The highest BCUT2D eigenvalue weighted by molar-refractivity contribution is 5.48. The lowest BCUT2D eigenvalue weighted by molar-refractivity contribution is 0.789. The minimum atomic E-state index is 0.660. The van der Waals surface area contributed by atoms with Crippen LogP contribution in [-0.2, 0) is 6.54 Å². The first-order valence-electron chi connectivity index (χ1n) is 6.17. The summed E-state index contributed by atoms with van der Waals surface area (Å²) in [6.45, 7) is 2.54.